The van der Waals surface area contributed by atoms with Crippen LogP contribution in [0.25, 0.3) is 0 Å². The second-order valence-corrected chi connectivity index (χ2v) is 3.94. The van der Waals surface area contributed by atoms with E-state index in [4.69, 9.17) is 4.74 Å². The Balaban J connectivity index is 2.61. The summed E-state index contributed by atoms with van der Waals surface area (Å²) in [5.74, 6) is 0. The fraction of sp³-hybridized carbons (Fsp3) is 0.455. The number of ether oxygens (including phenoxy) is 1. The molecule has 0 amide bonds. The Morgan fingerprint density at radius 3 is 2.85 bits per heavy atom. The summed E-state index contributed by atoms with van der Waals surface area (Å²) >= 11 is 3.59. The molecule has 1 rings (SSSR count). The summed E-state index contributed by atoms with van der Waals surface area (Å²) in [5, 5.41) is 0. The molecule has 0 aliphatic rings. The van der Waals surface area contributed by atoms with Crippen LogP contribution in [0.3, 0.4) is 0 Å². The SMILES string of the molecule is COCCCc1cccc(C)c1Br. The number of hydrogen-bond donors (Lipinski definition) is 0. The lowest BCUT2D eigenvalue weighted by Gasteiger charge is -2.06. The van der Waals surface area contributed by atoms with Crippen LogP contribution >= 0.6 is 15.9 Å². The van der Waals surface area contributed by atoms with Gasteiger partial charge in [-0.2, -0.15) is 0 Å². The Labute approximate surface area is 88.2 Å². The lowest BCUT2D eigenvalue weighted by atomic mass is 10.1. The van der Waals surface area contributed by atoms with E-state index in [2.05, 4.69) is 41.1 Å². The zero-order chi connectivity index (χ0) is 9.68. The van der Waals surface area contributed by atoms with Gasteiger partial charge in [-0.15, -0.1) is 0 Å². The summed E-state index contributed by atoms with van der Waals surface area (Å²) in [6.45, 7) is 2.95. The third kappa shape index (κ3) is 3.12. The van der Waals surface area contributed by atoms with Crippen LogP contribution < -0.4 is 0 Å². The molecule has 0 saturated carbocycles. The first-order valence-corrected chi connectivity index (χ1v) is 5.28. The summed E-state index contributed by atoms with van der Waals surface area (Å²) in [4.78, 5) is 0. The maximum absolute atomic E-state index is 5.02. The third-order valence-corrected chi connectivity index (χ3v) is 3.20. The first-order chi connectivity index (χ1) is 6.25. The molecular weight excluding hydrogens is 228 g/mol. The number of hydrogen-bond acceptors (Lipinski definition) is 1. The van der Waals surface area contributed by atoms with Gasteiger partial charge in [0, 0.05) is 18.2 Å². The minimum absolute atomic E-state index is 0.834. The van der Waals surface area contributed by atoms with Crippen molar-refractivity contribution in [2.75, 3.05) is 13.7 Å². The summed E-state index contributed by atoms with van der Waals surface area (Å²) < 4.78 is 6.26. The van der Waals surface area contributed by atoms with Gasteiger partial charge >= 0.3 is 0 Å². The average Bonchev–Trinajstić information content (AvgIpc) is 2.13. The molecule has 0 heterocycles. The molecule has 1 nitrogen and oxygen atoms in total. The molecule has 1 aromatic rings. The number of rotatable bonds is 4. The van der Waals surface area contributed by atoms with E-state index in [1.165, 1.54) is 15.6 Å². The monoisotopic (exact) mass is 242 g/mol. The lowest BCUT2D eigenvalue weighted by Crippen LogP contribution is -1.94. The summed E-state index contributed by atoms with van der Waals surface area (Å²) in [6.07, 6.45) is 2.16. The maximum atomic E-state index is 5.02. The van der Waals surface area contributed by atoms with Gasteiger partial charge in [-0.25, -0.2) is 0 Å². The van der Waals surface area contributed by atoms with Crippen LogP contribution in [0.1, 0.15) is 17.5 Å². The fourth-order valence-electron chi connectivity index (χ4n) is 1.31. The standard InChI is InChI=1S/C11H15BrO/c1-9-5-3-6-10(11(9)12)7-4-8-13-2/h3,5-6H,4,7-8H2,1-2H3. The number of benzene rings is 1. The number of methoxy groups -OCH3 is 1. The zero-order valence-electron chi connectivity index (χ0n) is 8.14. The van der Waals surface area contributed by atoms with Crippen LogP contribution in [0.5, 0.6) is 0 Å². The van der Waals surface area contributed by atoms with E-state index in [9.17, 15) is 0 Å². The predicted molar refractivity (Wildman–Crippen MR) is 59.1 cm³/mol. The molecule has 1 aromatic carbocycles. The molecule has 0 unspecified atom stereocenters. The van der Waals surface area contributed by atoms with Gasteiger partial charge in [0.2, 0.25) is 0 Å². The summed E-state index contributed by atoms with van der Waals surface area (Å²) in [5.41, 5.74) is 2.67. The average molecular weight is 243 g/mol. The van der Waals surface area contributed by atoms with Gasteiger partial charge in [0.05, 0.1) is 0 Å². The predicted octanol–water partition coefficient (Wildman–Crippen LogP) is 3.34. The molecular formula is C11H15BrO. The van der Waals surface area contributed by atoms with Crippen LogP contribution in [-0.2, 0) is 11.2 Å². The smallest absolute Gasteiger partial charge is 0.0465 e. The molecule has 2 heteroatoms. The third-order valence-electron chi connectivity index (χ3n) is 2.07. The quantitative estimate of drug-likeness (QED) is 0.737. The van der Waals surface area contributed by atoms with Gasteiger partial charge in [-0.3, -0.25) is 0 Å². The van der Waals surface area contributed by atoms with Crippen molar-refractivity contribution in [3.63, 3.8) is 0 Å². The van der Waals surface area contributed by atoms with E-state index >= 15 is 0 Å². The van der Waals surface area contributed by atoms with Crippen molar-refractivity contribution in [2.45, 2.75) is 19.8 Å². The maximum Gasteiger partial charge on any atom is 0.0465 e. The molecule has 0 aliphatic heterocycles. The molecule has 0 N–H and O–H groups in total. The molecule has 0 aromatic heterocycles. The van der Waals surface area contributed by atoms with Crippen LogP contribution in [-0.4, -0.2) is 13.7 Å². The van der Waals surface area contributed by atoms with Crippen LogP contribution in [0, 0.1) is 6.92 Å². The van der Waals surface area contributed by atoms with Gasteiger partial charge in [0.15, 0.2) is 0 Å². The topological polar surface area (TPSA) is 9.23 Å². The minimum Gasteiger partial charge on any atom is -0.385 e. The van der Waals surface area contributed by atoms with E-state index in [1.807, 2.05) is 0 Å². The Kier molecular flexibility index (Phi) is 4.46. The van der Waals surface area contributed by atoms with Gasteiger partial charge in [0.25, 0.3) is 0 Å². The van der Waals surface area contributed by atoms with Crippen LogP contribution in [0.15, 0.2) is 22.7 Å². The highest BCUT2D eigenvalue weighted by Gasteiger charge is 2.01. The van der Waals surface area contributed by atoms with Crippen molar-refractivity contribution in [1.29, 1.82) is 0 Å². The number of halogens is 1. The van der Waals surface area contributed by atoms with Crippen molar-refractivity contribution in [3.05, 3.63) is 33.8 Å². The summed E-state index contributed by atoms with van der Waals surface area (Å²) in [6, 6.07) is 6.37. The highest BCUT2D eigenvalue weighted by atomic mass is 79.9. The Bertz CT molecular complexity index is 271. The molecule has 0 spiro atoms. The molecule has 0 fully saturated rings. The van der Waals surface area contributed by atoms with E-state index in [-0.39, 0.29) is 0 Å². The van der Waals surface area contributed by atoms with E-state index < -0.39 is 0 Å². The van der Waals surface area contributed by atoms with Crippen molar-refractivity contribution in [3.8, 4) is 0 Å². The largest absolute Gasteiger partial charge is 0.385 e. The van der Waals surface area contributed by atoms with Crippen molar-refractivity contribution in [2.24, 2.45) is 0 Å². The molecule has 0 aliphatic carbocycles. The normalized spacial score (nSPS) is 10.4. The fourth-order valence-corrected chi connectivity index (χ4v) is 1.77. The van der Waals surface area contributed by atoms with Crippen LogP contribution in [0.2, 0.25) is 0 Å². The molecule has 0 bridgehead atoms. The van der Waals surface area contributed by atoms with Crippen molar-refractivity contribution in [1.82, 2.24) is 0 Å². The Hall–Kier alpha value is -0.340. The molecule has 0 radical (unpaired) electrons. The Morgan fingerprint density at radius 1 is 1.38 bits per heavy atom. The second kappa shape index (κ2) is 5.40. The lowest BCUT2D eigenvalue weighted by molar-refractivity contribution is 0.195. The second-order valence-electron chi connectivity index (χ2n) is 3.14. The van der Waals surface area contributed by atoms with Crippen LogP contribution in [0.4, 0.5) is 0 Å². The van der Waals surface area contributed by atoms with Gasteiger partial charge in [-0.1, -0.05) is 34.1 Å². The van der Waals surface area contributed by atoms with E-state index in [0.29, 0.717) is 0 Å². The first-order valence-electron chi connectivity index (χ1n) is 4.48. The number of aryl methyl sites for hydroxylation is 2. The highest BCUT2D eigenvalue weighted by Crippen LogP contribution is 2.21. The minimum atomic E-state index is 0.834. The van der Waals surface area contributed by atoms with E-state index in [1.54, 1.807) is 7.11 Å². The van der Waals surface area contributed by atoms with Gasteiger partial charge < -0.3 is 4.74 Å². The first kappa shape index (κ1) is 10.7. The zero-order valence-corrected chi connectivity index (χ0v) is 9.73. The molecule has 0 saturated heterocycles. The molecule has 72 valence electrons. The van der Waals surface area contributed by atoms with Gasteiger partial charge in [0.1, 0.15) is 0 Å². The van der Waals surface area contributed by atoms with Crippen molar-refractivity contribution < 1.29 is 4.74 Å². The molecule has 13 heavy (non-hydrogen) atoms. The van der Waals surface area contributed by atoms with Gasteiger partial charge in [-0.05, 0) is 30.9 Å². The highest BCUT2D eigenvalue weighted by molar-refractivity contribution is 9.10. The summed E-state index contributed by atoms with van der Waals surface area (Å²) in [7, 11) is 1.74. The Morgan fingerprint density at radius 2 is 2.15 bits per heavy atom. The van der Waals surface area contributed by atoms with Crippen molar-refractivity contribution >= 4 is 15.9 Å². The van der Waals surface area contributed by atoms with E-state index in [0.717, 1.165) is 19.4 Å². The molecule has 0 atom stereocenters.